The Morgan fingerprint density at radius 3 is 1.89 bits per heavy atom. The van der Waals surface area contributed by atoms with Gasteiger partial charge in [0.15, 0.2) is 11.6 Å². The zero-order valence-electron chi connectivity index (χ0n) is 14.4. The Kier molecular flexibility index (Phi) is 3.93. The molecular formula is C21H15NO4S. The van der Waals surface area contributed by atoms with Gasteiger partial charge in [-0.15, -0.1) is 0 Å². The van der Waals surface area contributed by atoms with E-state index in [9.17, 15) is 18.0 Å². The fourth-order valence-corrected chi connectivity index (χ4v) is 4.17. The highest BCUT2D eigenvalue weighted by Crippen LogP contribution is 2.29. The quantitative estimate of drug-likeness (QED) is 0.592. The van der Waals surface area contributed by atoms with Crippen LogP contribution in [0.4, 0.5) is 5.69 Å². The second kappa shape index (κ2) is 6.17. The number of anilines is 1. The van der Waals surface area contributed by atoms with Gasteiger partial charge in [-0.05, 0) is 37.3 Å². The van der Waals surface area contributed by atoms with E-state index in [-0.39, 0.29) is 33.2 Å². The molecule has 0 saturated carbocycles. The lowest BCUT2D eigenvalue weighted by molar-refractivity contribution is 0.0979. The van der Waals surface area contributed by atoms with Gasteiger partial charge in [0.1, 0.15) is 0 Å². The van der Waals surface area contributed by atoms with E-state index in [4.69, 9.17) is 0 Å². The molecule has 0 spiro atoms. The molecule has 0 heterocycles. The summed E-state index contributed by atoms with van der Waals surface area (Å²) in [5.74, 6) is -0.636. The summed E-state index contributed by atoms with van der Waals surface area (Å²) in [6.07, 6.45) is 0. The molecule has 27 heavy (non-hydrogen) atoms. The average Bonchev–Trinajstić information content (AvgIpc) is 2.67. The zero-order valence-corrected chi connectivity index (χ0v) is 15.2. The summed E-state index contributed by atoms with van der Waals surface area (Å²) >= 11 is 0. The van der Waals surface area contributed by atoms with Crippen LogP contribution in [0.3, 0.4) is 0 Å². The number of aryl methyl sites for hydroxylation is 1. The highest BCUT2D eigenvalue weighted by molar-refractivity contribution is 7.92. The predicted molar refractivity (Wildman–Crippen MR) is 102 cm³/mol. The van der Waals surface area contributed by atoms with Crippen molar-refractivity contribution in [3.63, 3.8) is 0 Å². The molecule has 0 aromatic heterocycles. The van der Waals surface area contributed by atoms with Crippen molar-refractivity contribution < 1.29 is 18.0 Å². The lowest BCUT2D eigenvalue weighted by Gasteiger charge is -2.18. The number of benzene rings is 3. The van der Waals surface area contributed by atoms with Crippen LogP contribution in [0, 0.1) is 6.92 Å². The number of carbonyl (C=O) groups is 2. The minimum Gasteiger partial charge on any atom is -0.289 e. The van der Waals surface area contributed by atoms with Crippen LogP contribution in [-0.2, 0) is 10.0 Å². The van der Waals surface area contributed by atoms with Crippen molar-refractivity contribution in [2.75, 3.05) is 4.72 Å². The number of rotatable bonds is 3. The van der Waals surface area contributed by atoms with E-state index in [1.165, 1.54) is 18.2 Å². The minimum atomic E-state index is -3.89. The number of ketones is 2. The second-order valence-electron chi connectivity index (χ2n) is 6.38. The third-order valence-electron chi connectivity index (χ3n) is 4.51. The molecule has 3 aromatic rings. The molecule has 3 aromatic carbocycles. The second-order valence-corrected chi connectivity index (χ2v) is 8.07. The van der Waals surface area contributed by atoms with Crippen LogP contribution in [0.1, 0.15) is 37.4 Å². The molecule has 134 valence electrons. The van der Waals surface area contributed by atoms with Gasteiger partial charge in [-0.3, -0.25) is 14.3 Å². The van der Waals surface area contributed by atoms with E-state index in [0.717, 1.165) is 5.56 Å². The monoisotopic (exact) mass is 377 g/mol. The highest BCUT2D eigenvalue weighted by atomic mass is 32.2. The van der Waals surface area contributed by atoms with Gasteiger partial charge in [0.25, 0.3) is 10.0 Å². The Labute approximate surface area is 156 Å². The van der Waals surface area contributed by atoms with E-state index in [0.29, 0.717) is 11.3 Å². The van der Waals surface area contributed by atoms with Gasteiger partial charge < -0.3 is 0 Å². The molecule has 0 unspecified atom stereocenters. The lowest BCUT2D eigenvalue weighted by atomic mass is 9.84. The lowest BCUT2D eigenvalue weighted by Crippen LogP contribution is -2.22. The molecule has 0 aliphatic heterocycles. The van der Waals surface area contributed by atoms with Crippen LogP contribution < -0.4 is 4.72 Å². The van der Waals surface area contributed by atoms with Crippen molar-refractivity contribution in [1.82, 2.24) is 0 Å². The summed E-state index contributed by atoms with van der Waals surface area (Å²) in [5, 5.41) is 0. The molecule has 1 aliphatic carbocycles. The standard InChI is InChI=1S/C21H15NO4S/c1-13-6-8-14(9-7-13)22-27(25,26)15-10-11-18-19(12-15)21(24)17-5-3-2-4-16(17)20(18)23/h2-12,22H,1H3. The first-order valence-electron chi connectivity index (χ1n) is 8.29. The van der Waals surface area contributed by atoms with E-state index in [1.54, 1.807) is 48.5 Å². The van der Waals surface area contributed by atoms with Gasteiger partial charge in [0, 0.05) is 27.9 Å². The molecule has 1 N–H and O–H groups in total. The Balaban J connectivity index is 1.75. The SMILES string of the molecule is Cc1ccc(NS(=O)(=O)c2ccc3c(c2)C(=O)c2ccccc2C3=O)cc1. The van der Waals surface area contributed by atoms with Crippen LogP contribution in [0.15, 0.2) is 71.6 Å². The fourth-order valence-electron chi connectivity index (χ4n) is 3.08. The molecule has 0 atom stereocenters. The van der Waals surface area contributed by atoms with Crippen molar-refractivity contribution >= 4 is 27.3 Å². The Hall–Kier alpha value is -3.25. The smallest absolute Gasteiger partial charge is 0.261 e. The first-order chi connectivity index (χ1) is 12.9. The van der Waals surface area contributed by atoms with Gasteiger partial charge in [0.05, 0.1) is 4.90 Å². The molecule has 0 fully saturated rings. The molecule has 5 nitrogen and oxygen atoms in total. The van der Waals surface area contributed by atoms with Gasteiger partial charge in [0.2, 0.25) is 0 Å². The maximum absolute atomic E-state index is 12.8. The maximum Gasteiger partial charge on any atom is 0.261 e. The number of hydrogen-bond acceptors (Lipinski definition) is 4. The summed E-state index contributed by atoms with van der Waals surface area (Å²) in [5.41, 5.74) is 2.37. The van der Waals surface area contributed by atoms with Gasteiger partial charge in [-0.2, -0.15) is 0 Å². The van der Waals surface area contributed by atoms with Gasteiger partial charge >= 0.3 is 0 Å². The van der Waals surface area contributed by atoms with Crippen molar-refractivity contribution in [3.05, 3.63) is 94.5 Å². The number of carbonyl (C=O) groups excluding carboxylic acids is 2. The minimum absolute atomic E-state index is 0.0673. The molecular weight excluding hydrogens is 362 g/mol. The third kappa shape index (κ3) is 2.94. The first-order valence-corrected chi connectivity index (χ1v) is 9.77. The topological polar surface area (TPSA) is 80.3 Å². The van der Waals surface area contributed by atoms with Crippen LogP contribution in [0.5, 0.6) is 0 Å². The van der Waals surface area contributed by atoms with Crippen molar-refractivity contribution in [1.29, 1.82) is 0 Å². The number of fused-ring (bicyclic) bond motifs is 2. The highest BCUT2D eigenvalue weighted by Gasteiger charge is 2.30. The summed E-state index contributed by atoms with van der Waals surface area (Å²) in [6, 6.07) is 17.5. The largest absolute Gasteiger partial charge is 0.289 e. The Morgan fingerprint density at radius 2 is 1.26 bits per heavy atom. The molecule has 0 saturated heterocycles. The zero-order chi connectivity index (χ0) is 19.2. The number of sulfonamides is 1. The summed E-state index contributed by atoms with van der Waals surface area (Å²) in [6.45, 7) is 1.90. The van der Waals surface area contributed by atoms with E-state index in [1.807, 2.05) is 6.92 Å². The number of hydrogen-bond donors (Lipinski definition) is 1. The van der Waals surface area contributed by atoms with Crippen LogP contribution in [-0.4, -0.2) is 20.0 Å². The number of nitrogens with one attached hydrogen (secondary N) is 1. The van der Waals surface area contributed by atoms with Gasteiger partial charge in [-0.1, -0.05) is 42.0 Å². The Morgan fingerprint density at radius 1 is 0.704 bits per heavy atom. The summed E-state index contributed by atoms with van der Waals surface area (Å²) in [7, 11) is -3.89. The fraction of sp³-hybridized carbons (Fsp3) is 0.0476. The molecule has 0 bridgehead atoms. The summed E-state index contributed by atoms with van der Waals surface area (Å²) < 4.78 is 27.9. The van der Waals surface area contributed by atoms with E-state index in [2.05, 4.69) is 4.72 Å². The van der Waals surface area contributed by atoms with Crippen molar-refractivity contribution in [3.8, 4) is 0 Å². The summed E-state index contributed by atoms with van der Waals surface area (Å²) in [4.78, 5) is 25.3. The molecule has 0 radical (unpaired) electrons. The van der Waals surface area contributed by atoms with Crippen LogP contribution in [0.2, 0.25) is 0 Å². The molecule has 6 heteroatoms. The molecule has 0 amide bonds. The van der Waals surface area contributed by atoms with Crippen molar-refractivity contribution in [2.24, 2.45) is 0 Å². The van der Waals surface area contributed by atoms with E-state index < -0.39 is 10.0 Å². The molecule has 1 aliphatic rings. The average molecular weight is 377 g/mol. The maximum atomic E-state index is 12.8. The van der Waals surface area contributed by atoms with Crippen LogP contribution >= 0.6 is 0 Å². The predicted octanol–water partition coefficient (Wildman–Crippen LogP) is 3.57. The normalized spacial score (nSPS) is 13.1. The van der Waals surface area contributed by atoms with Gasteiger partial charge in [-0.25, -0.2) is 8.42 Å². The van der Waals surface area contributed by atoms with Crippen molar-refractivity contribution in [2.45, 2.75) is 11.8 Å². The first kappa shape index (κ1) is 17.2. The van der Waals surface area contributed by atoms with Crippen LogP contribution in [0.25, 0.3) is 0 Å². The third-order valence-corrected chi connectivity index (χ3v) is 5.89. The molecule has 4 rings (SSSR count). The Bertz CT molecular complexity index is 1200. The van der Waals surface area contributed by atoms with E-state index >= 15 is 0 Å².